The third kappa shape index (κ3) is 7.74. The minimum atomic E-state index is -4.40. The van der Waals surface area contributed by atoms with Crippen LogP contribution in [0.5, 0.6) is 0 Å². The molecule has 0 saturated carbocycles. The first-order chi connectivity index (χ1) is 19.2. The van der Waals surface area contributed by atoms with Crippen LogP contribution in [0, 0.1) is 10.1 Å². The molecule has 4 rings (SSSR count). The van der Waals surface area contributed by atoms with Gasteiger partial charge in [0.25, 0.3) is 21.6 Å². The topological polar surface area (TPSA) is 148 Å². The molecule has 1 heterocycles. The minimum Gasteiger partial charge on any atom is -0.379 e. The van der Waals surface area contributed by atoms with Crippen LogP contribution in [0.2, 0.25) is 0 Å². The number of rotatable bonds is 12. The van der Waals surface area contributed by atoms with E-state index in [2.05, 4.69) is 10.6 Å². The fourth-order valence-corrected chi connectivity index (χ4v) is 5.53. The second-order valence-electron chi connectivity index (χ2n) is 8.74. The molecule has 0 aliphatic carbocycles. The van der Waals surface area contributed by atoms with Crippen molar-refractivity contribution < 1.29 is 22.9 Å². The van der Waals surface area contributed by atoms with Gasteiger partial charge < -0.3 is 10.6 Å². The number of sulfonamides is 1. The zero-order valence-corrected chi connectivity index (χ0v) is 22.8. The number of nitro benzene ring substituents is 1. The lowest BCUT2D eigenvalue weighted by Gasteiger charge is -2.11. The van der Waals surface area contributed by atoms with Crippen molar-refractivity contribution in [2.75, 3.05) is 17.2 Å². The summed E-state index contributed by atoms with van der Waals surface area (Å²) < 4.78 is 27.6. The van der Waals surface area contributed by atoms with Crippen molar-refractivity contribution in [1.29, 1.82) is 0 Å². The Bertz CT molecular complexity index is 1590. The molecule has 40 heavy (non-hydrogen) atoms. The highest BCUT2D eigenvalue weighted by Crippen LogP contribution is 2.28. The van der Waals surface area contributed by atoms with Gasteiger partial charge in [-0.15, -0.1) is 11.3 Å². The molecule has 0 unspecified atom stereocenters. The summed E-state index contributed by atoms with van der Waals surface area (Å²) in [5, 5.41) is 19.3. The van der Waals surface area contributed by atoms with Crippen LogP contribution in [0.3, 0.4) is 0 Å². The Kier molecular flexibility index (Phi) is 9.25. The van der Waals surface area contributed by atoms with Crippen molar-refractivity contribution in [2.45, 2.75) is 24.2 Å². The maximum atomic E-state index is 12.8. The lowest BCUT2D eigenvalue weighted by molar-refractivity contribution is -0.384. The van der Waals surface area contributed by atoms with E-state index in [9.17, 15) is 28.1 Å². The molecule has 1 aromatic heterocycles. The fourth-order valence-electron chi connectivity index (χ4n) is 3.83. The highest BCUT2D eigenvalue weighted by Gasteiger charge is 2.24. The van der Waals surface area contributed by atoms with Crippen molar-refractivity contribution >= 4 is 50.2 Å². The zero-order chi connectivity index (χ0) is 28.5. The van der Waals surface area contributed by atoms with E-state index in [0.29, 0.717) is 25.1 Å². The summed E-state index contributed by atoms with van der Waals surface area (Å²) in [6, 6.07) is 22.6. The number of aryl methyl sites for hydroxylation is 1. The Balaban J connectivity index is 1.36. The predicted octanol–water partition coefficient (Wildman–Crippen LogP) is 5.00. The number of hydrogen-bond acceptors (Lipinski definition) is 8. The summed E-state index contributed by atoms with van der Waals surface area (Å²) >= 11 is 1.57. The fraction of sp³-hybridized carbons (Fsp3) is 0.143. The summed E-state index contributed by atoms with van der Waals surface area (Å²) in [5.74, 6) is -1.11. The quantitative estimate of drug-likeness (QED) is 0.158. The van der Waals surface area contributed by atoms with Crippen molar-refractivity contribution in [3.05, 3.63) is 116 Å². The molecule has 0 saturated heterocycles. The molecule has 12 heteroatoms. The van der Waals surface area contributed by atoms with Crippen molar-refractivity contribution in [3.63, 3.8) is 0 Å². The number of carbonyl (C=O) groups excluding carboxylic acids is 2. The molecule has 0 atom stereocenters. The van der Waals surface area contributed by atoms with Crippen LogP contribution in [0.1, 0.15) is 27.2 Å². The van der Waals surface area contributed by atoms with Crippen molar-refractivity contribution in [3.8, 4) is 0 Å². The van der Waals surface area contributed by atoms with Crippen LogP contribution in [0.25, 0.3) is 0 Å². The molecule has 0 aliphatic rings. The summed E-state index contributed by atoms with van der Waals surface area (Å²) in [6.07, 6.45) is 1.51. The van der Waals surface area contributed by atoms with Gasteiger partial charge in [0.2, 0.25) is 5.91 Å². The lowest BCUT2D eigenvalue weighted by atomic mass is 10.1. The van der Waals surface area contributed by atoms with Gasteiger partial charge in [-0.1, -0.05) is 36.4 Å². The third-order valence-corrected chi connectivity index (χ3v) is 8.15. The molecule has 3 N–H and O–H groups in total. The normalized spacial score (nSPS) is 11.0. The molecule has 0 fully saturated rings. The number of thiophene rings is 1. The number of nitro groups is 1. The van der Waals surface area contributed by atoms with E-state index < -0.39 is 31.4 Å². The number of anilines is 2. The first kappa shape index (κ1) is 28.5. The summed E-state index contributed by atoms with van der Waals surface area (Å²) in [5.41, 5.74) is 1.28. The van der Waals surface area contributed by atoms with E-state index in [4.69, 9.17) is 0 Å². The summed E-state index contributed by atoms with van der Waals surface area (Å²) in [4.78, 5) is 36.5. The van der Waals surface area contributed by atoms with Crippen molar-refractivity contribution in [1.82, 2.24) is 4.72 Å². The number of carbonyl (C=O) groups is 2. The zero-order valence-electron chi connectivity index (χ0n) is 21.2. The van der Waals surface area contributed by atoms with Gasteiger partial charge in [0.05, 0.1) is 9.82 Å². The molecule has 0 spiro atoms. The molecule has 0 bridgehead atoms. The highest BCUT2D eigenvalue weighted by atomic mass is 32.2. The van der Waals surface area contributed by atoms with Gasteiger partial charge in [-0.05, 0) is 66.2 Å². The van der Waals surface area contributed by atoms with Crippen molar-refractivity contribution in [2.24, 2.45) is 0 Å². The lowest BCUT2D eigenvalue weighted by Crippen LogP contribution is -2.30. The Morgan fingerprint density at radius 1 is 0.900 bits per heavy atom. The van der Waals surface area contributed by atoms with Crippen LogP contribution >= 0.6 is 11.3 Å². The maximum absolute atomic E-state index is 12.8. The first-order valence-electron chi connectivity index (χ1n) is 12.3. The SMILES string of the molecule is O=C(CCc1ccccc1)Nc1ccc(C(=O)NS(=O)(=O)c2ccc(NCCc3cccs3)c([N+](=O)[O-])c2)cc1. The van der Waals surface area contributed by atoms with Crippen LogP contribution in [-0.4, -0.2) is 31.7 Å². The van der Waals surface area contributed by atoms with E-state index in [1.54, 1.807) is 11.3 Å². The second kappa shape index (κ2) is 13.0. The van der Waals surface area contributed by atoms with E-state index in [1.807, 2.05) is 52.6 Å². The molecular weight excluding hydrogens is 552 g/mol. The van der Waals surface area contributed by atoms with Gasteiger partial charge in [0.15, 0.2) is 0 Å². The molecular formula is C28H26N4O6S2. The summed E-state index contributed by atoms with van der Waals surface area (Å²) in [7, 11) is -4.40. The Hall–Kier alpha value is -4.55. The van der Waals surface area contributed by atoms with Gasteiger partial charge in [0.1, 0.15) is 5.69 Å². The third-order valence-electron chi connectivity index (χ3n) is 5.88. The molecule has 206 valence electrons. The van der Waals surface area contributed by atoms with Crippen LogP contribution in [-0.2, 0) is 27.7 Å². The molecule has 10 nitrogen and oxygen atoms in total. The van der Waals surface area contributed by atoms with Crippen LogP contribution in [0.4, 0.5) is 17.1 Å². The van der Waals surface area contributed by atoms with Gasteiger partial charge in [-0.2, -0.15) is 0 Å². The number of nitrogens with zero attached hydrogens (tertiary/aromatic N) is 1. The molecule has 4 aromatic rings. The summed E-state index contributed by atoms with van der Waals surface area (Å²) in [6.45, 7) is 0.424. The number of hydrogen-bond donors (Lipinski definition) is 3. The van der Waals surface area contributed by atoms with Gasteiger partial charge in [-0.3, -0.25) is 19.7 Å². The average Bonchev–Trinajstić information content (AvgIpc) is 3.46. The van der Waals surface area contributed by atoms with Gasteiger partial charge in [0, 0.05) is 35.2 Å². The molecule has 0 aliphatic heterocycles. The number of nitrogens with one attached hydrogen (secondary N) is 3. The van der Waals surface area contributed by atoms with E-state index in [0.717, 1.165) is 16.5 Å². The van der Waals surface area contributed by atoms with E-state index in [-0.39, 0.29) is 23.6 Å². The van der Waals surface area contributed by atoms with Gasteiger partial charge in [-0.25, -0.2) is 13.1 Å². The smallest absolute Gasteiger partial charge is 0.293 e. The monoisotopic (exact) mass is 578 g/mol. The van der Waals surface area contributed by atoms with Crippen LogP contribution < -0.4 is 15.4 Å². The highest BCUT2D eigenvalue weighted by molar-refractivity contribution is 7.90. The number of amides is 2. The Morgan fingerprint density at radius 3 is 2.33 bits per heavy atom. The molecule has 3 aromatic carbocycles. The largest absolute Gasteiger partial charge is 0.379 e. The second-order valence-corrected chi connectivity index (χ2v) is 11.5. The van der Waals surface area contributed by atoms with E-state index >= 15 is 0 Å². The maximum Gasteiger partial charge on any atom is 0.293 e. The first-order valence-corrected chi connectivity index (χ1v) is 14.6. The average molecular weight is 579 g/mol. The van der Waals surface area contributed by atoms with E-state index in [1.165, 1.54) is 36.4 Å². The molecule has 0 radical (unpaired) electrons. The Morgan fingerprint density at radius 2 is 1.65 bits per heavy atom. The van der Waals surface area contributed by atoms with Gasteiger partial charge >= 0.3 is 0 Å². The van der Waals surface area contributed by atoms with Crippen LogP contribution in [0.15, 0.2) is 95.2 Å². The molecule has 2 amide bonds. The number of benzene rings is 3. The minimum absolute atomic E-state index is 0.0345. The Labute approximate surface area is 235 Å². The standard InChI is InChI=1S/C28H26N4O6S2/c33-27(15-8-20-5-2-1-3-6-20)30-22-11-9-21(10-12-22)28(34)31-40(37,38)24-13-14-25(26(19-24)32(35)36)29-17-16-23-7-4-18-39-23/h1-7,9-14,18-19,29H,8,15-17H2,(H,30,33)(H,31,34). The predicted molar refractivity (Wildman–Crippen MR) is 154 cm³/mol.